The molecule has 3 unspecified atom stereocenters. The molecule has 0 aromatic heterocycles. The van der Waals surface area contributed by atoms with Gasteiger partial charge < -0.3 is 0 Å². The first-order chi connectivity index (χ1) is 14.7. The van der Waals surface area contributed by atoms with Crippen molar-refractivity contribution in [2.45, 2.75) is 149 Å². The summed E-state index contributed by atoms with van der Waals surface area (Å²) in [7, 11) is 0. The fraction of sp³-hybridized carbons (Fsp3) is 0.967. The van der Waals surface area contributed by atoms with Gasteiger partial charge in [0, 0.05) is 0 Å². The van der Waals surface area contributed by atoms with Gasteiger partial charge in [0.15, 0.2) is 0 Å². The van der Waals surface area contributed by atoms with Crippen molar-refractivity contribution >= 4 is 0 Å². The molecule has 0 spiro atoms. The molecule has 3 atom stereocenters. The molecule has 3 aliphatic rings. The Balaban J connectivity index is 1.86. The second kappa shape index (κ2) is 12.9. The number of hydrogen-bond donors (Lipinski definition) is 0. The summed E-state index contributed by atoms with van der Waals surface area (Å²) in [5.41, 5.74) is 0.528. The van der Waals surface area contributed by atoms with Gasteiger partial charge in [-0.15, -0.1) is 0 Å². The summed E-state index contributed by atoms with van der Waals surface area (Å²) in [5, 5.41) is 0. The van der Waals surface area contributed by atoms with Crippen LogP contribution in [0.5, 0.6) is 0 Å². The highest BCUT2D eigenvalue weighted by Gasteiger charge is 2.47. The van der Waals surface area contributed by atoms with E-state index in [0.717, 1.165) is 29.6 Å². The molecule has 3 aliphatic carbocycles. The Bertz CT molecular complexity index is 429. The van der Waals surface area contributed by atoms with Crippen LogP contribution >= 0.6 is 0 Å². The minimum Gasteiger partial charge on any atom is -0.0651 e. The predicted molar refractivity (Wildman–Crippen MR) is 134 cm³/mol. The van der Waals surface area contributed by atoms with Gasteiger partial charge in [-0.2, -0.15) is 0 Å². The summed E-state index contributed by atoms with van der Waals surface area (Å²) in [5.74, 6) is 4.79. The zero-order chi connectivity index (χ0) is 21.2. The molecule has 0 bridgehead atoms. The van der Waals surface area contributed by atoms with Crippen molar-refractivity contribution in [3.05, 3.63) is 6.92 Å². The minimum absolute atomic E-state index is 0.528. The van der Waals surface area contributed by atoms with E-state index < -0.39 is 0 Å². The molecule has 0 heteroatoms. The third-order valence-corrected chi connectivity index (χ3v) is 10.2. The van der Waals surface area contributed by atoms with E-state index in [4.69, 9.17) is 6.92 Å². The Hall–Kier alpha value is 0. The maximum absolute atomic E-state index is 4.77. The zero-order valence-electron chi connectivity index (χ0n) is 20.9. The highest BCUT2D eigenvalue weighted by Crippen LogP contribution is 2.56. The van der Waals surface area contributed by atoms with Crippen LogP contribution in [0.1, 0.15) is 149 Å². The van der Waals surface area contributed by atoms with Gasteiger partial charge in [-0.1, -0.05) is 130 Å². The molecule has 0 aromatic carbocycles. The average Bonchev–Trinajstić information content (AvgIpc) is 3.29. The number of rotatable bonds is 8. The van der Waals surface area contributed by atoms with Crippen LogP contribution in [0.15, 0.2) is 0 Å². The summed E-state index contributed by atoms with van der Waals surface area (Å²) in [6.07, 6.45) is 31.1. The lowest BCUT2D eigenvalue weighted by molar-refractivity contribution is -0.0150. The SMILES string of the molecule is [CH2]CC(CC(C)C1CCCCCC1)(C1CCCCCC1)C(CC)C1CCCCCC1. The molecule has 0 aromatic rings. The van der Waals surface area contributed by atoms with Crippen LogP contribution in [0, 0.1) is 41.9 Å². The molecule has 1 radical (unpaired) electrons. The zero-order valence-corrected chi connectivity index (χ0v) is 20.9. The van der Waals surface area contributed by atoms with Crippen molar-refractivity contribution in [1.29, 1.82) is 0 Å². The molecule has 0 amide bonds. The third-order valence-electron chi connectivity index (χ3n) is 10.2. The van der Waals surface area contributed by atoms with E-state index in [0.29, 0.717) is 5.41 Å². The van der Waals surface area contributed by atoms with E-state index in [1.807, 2.05) is 0 Å². The Morgan fingerprint density at radius 1 is 0.667 bits per heavy atom. The summed E-state index contributed by atoms with van der Waals surface area (Å²) in [6.45, 7) is 9.98. The molecular formula is C30H55. The quantitative estimate of drug-likeness (QED) is 0.346. The van der Waals surface area contributed by atoms with Crippen LogP contribution in [0.2, 0.25) is 0 Å². The van der Waals surface area contributed by atoms with Gasteiger partial charge in [0.25, 0.3) is 0 Å². The van der Waals surface area contributed by atoms with Crippen LogP contribution in [-0.4, -0.2) is 0 Å². The Kier molecular flexibility index (Phi) is 10.6. The minimum atomic E-state index is 0.528. The van der Waals surface area contributed by atoms with Gasteiger partial charge >= 0.3 is 0 Å². The maximum atomic E-state index is 4.77. The molecule has 3 saturated carbocycles. The summed E-state index contributed by atoms with van der Waals surface area (Å²) >= 11 is 0. The first-order valence-corrected chi connectivity index (χ1v) is 14.5. The summed E-state index contributed by atoms with van der Waals surface area (Å²) in [6, 6.07) is 0. The second-order valence-electron chi connectivity index (χ2n) is 11.9. The first kappa shape index (κ1) is 24.6. The molecule has 3 fully saturated rings. The molecule has 0 heterocycles. The summed E-state index contributed by atoms with van der Waals surface area (Å²) in [4.78, 5) is 0. The van der Waals surface area contributed by atoms with Gasteiger partial charge in [-0.25, -0.2) is 0 Å². The van der Waals surface area contributed by atoms with Gasteiger partial charge in [0.1, 0.15) is 0 Å². The van der Waals surface area contributed by atoms with Crippen molar-refractivity contribution < 1.29 is 0 Å². The van der Waals surface area contributed by atoms with Crippen LogP contribution in [0.4, 0.5) is 0 Å². The number of hydrogen-bond acceptors (Lipinski definition) is 0. The van der Waals surface area contributed by atoms with Crippen molar-refractivity contribution in [1.82, 2.24) is 0 Å². The van der Waals surface area contributed by atoms with E-state index in [1.165, 1.54) is 135 Å². The van der Waals surface area contributed by atoms with Crippen molar-refractivity contribution in [2.75, 3.05) is 0 Å². The fourth-order valence-electron chi connectivity index (χ4n) is 8.54. The van der Waals surface area contributed by atoms with Crippen LogP contribution < -0.4 is 0 Å². The lowest BCUT2D eigenvalue weighted by Gasteiger charge is -2.51. The van der Waals surface area contributed by atoms with E-state index in [1.54, 1.807) is 0 Å². The van der Waals surface area contributed by atoms with Crippen LogP contribution in [-0.2, 0) is 0 Å². The topological polar surface area (TPSA) is 0 Å². The molecule has 0 saturated heterocycles. The van der Waals surface area contributed by atoms with E-state index in [2.05, 4.69) is 13.8 Å². The highest BCUT2D eigenvalue weighted by molar-refractivity contribution is 4.97. The van der Waals surface area contributed by atoms with Crippen LogP contribution in [0.25, 0.3) is 0 Å². The predicted octanol–water partition coefficient (Wildman–Crippen LogP) is 10.2. The van der Waals surface area contributed by atoms with E-state index in [9.17, 15) is 0 Å². The molecular weight excluding hydrogens is 360 g/mol. The Labute approximate surface area is 190 Å². The fourth-order valence-corrected chi connectivity index (χ4v) is 8.54. The van der Waals surface area contributed by atoms with Crippen molar-refractivity contribution in [3.8, 4) is 0 Å². The summed E-state index contributed by atoms with van der Waals surface area (Å²) < 4.78 is 0. The van der Waals surface area contributed by atoms with Gasteiger partial charge in [-0.05, 0) is 60.7 Å². The monoisotopic (exact) mass is 415 g/mol. The van der Waals surface area contributed by atoms with Crippen molar-refractivity contribution in [3.63, 3.8) is 0 Å². The average molecular weight is 416 g/mol. The van der Waals surface area contributed by atoms with Gasteiger partial charge in [-0.3, -0.25) is 0 Å². The standard InChI is InChI=1S/C30H55/c1-4-29(27-20-14-8-9-15-21-27)30(5-2,28-22-16-10-11-17-23-28)24-25(3)26-18-12-6-7-13-19-26/h25-29H,2,4-24H2,1,3H3. The highest BCUT2D eigenvalue weighted by atomic mass is 14.5. The molecule has 3 rings (SSSR count). The lowest BCUT2D eigenvalue weighted by Crippen LogP contribution is -2.43. The molecule has 175 valence electrons. The van der Waals surface area contributed by atoms with Crippen molar-refractivity contribution in [2.24, 2.45) is 35.0 Å². The Morgan fingerprint density at radius 2 is 1.10 bits per heavy atom. The molecule has 0 N–H and O–H groups in total. The maximum Gasteiger partial charge on any atom is -0.0236 e. The lowest BCUT2D eigenvalue weighted by atomic mass is 9.54. The van der Waals surface area contributed by atoms with E-state index >= 15 is 0 Å². The van der Waals surface area contributed by atoms with E-state index in [-0.39, 0.29) is 0 Å². The molecule has 30 heavy (non-hydrogen) atoms. The third kappa shape index (κ3) is 6.28. The molecule has 0 nitrogen and oxygen atoms in total. The largest absolute Gasteiger partial charge is 0.0651 e. The Morgan fingerprint density at radius 3 is 1.53 bits per heavy atom. The van der Waals surface area contributed by atoms with Gasteiger partial charge in [0.05, 0.1) is 0 Å². The van der Waals surface area contributed by atoms with Crippen LogP contribution in [0.3, 0.4) is 0 Å². The smallest absolute Gasteiger partial charge is 0.0236 e. The second-order valence-corrected chi connectivity index (χ2v) is 11.9. The molecule has 0 aliphatic heterocycles. The normalized spacial score (nSPS) is 28.1. The van der Waals surface area contributed by atoms with Gasteiger partial charge in [0.2, 0.25) is 0 Å². The first-order valence-electron chi connectivity index (χ1n) is 14.5.